The molecule has 0 saturated heterocycles. The Kier molecular flexibility index (Phi) is 9.71. The van der Waals surface area contributed by atoms with Crippen LogP contribution in [0.5, 0.6) is 11.5 Å². The van der Waals surface area contributed by atoms with E-state index in [1.54, 1.807) is 54.5 Å². The van der Waals surface area contributed by atoms with Crippen LogP contribution in [-0.4, -0.2) is 42.2 Å². The summed E-state index contributed by atoms with van der Waals surface area (Å²) in [7, 11) is 1.54. The molecule has 0 fully saturated rings. The minimum Gasteiger partial charge on any atom is -0.493 e. The van der Waals surface area contributed by atoms with Crippen LogP contribution >= 0.6 is 0 Å². The maximum atomic E-state index is 13.5. The van der Waals surface area contributed by atoms with Gasteiger partial charge >= 0.3 is 6.09 Å². The predicted octanol–water partition coefficient (Wildman–Crippen LogP) is 5.97. The number of carbonyl (C=O) groups excluding carboxylic acids is 2. The van der Waals surface area contributed by atoms with Crippen molar-refractivity contribution < 1.29 is 28.2 Å². The number of rotatable bonds is 10. The lowest BCUT2D eigenvalue weighted by atomic mass is 10.1. The summed E-state index contributed by atoms with van der Waals surface area (Å²) in [5.41, 5.74) is 1.73. The van der Waals surface area contributed by atoms with E-state index in [1.807, 2.05) is 45.9 Å². The zero-order valence-electron chi connectivity index (χ0n) is 22.5. The van der Waals surface area contributed by atoms with E-state index < -0.39 is 17.7 Å². The van der Waals surface area contributed by atoms with Gasteiger partial charge in [-0.3, -0.25) is 4.79 Å². The number of ether oxygens (including phenoxy) is 3. The van der Waals surface area contributed by atoms with Crippen molar-refractivity contribution in [2.24, 2.45) is 0 Å². The highest BCUT2D eigenvalue weighted by Gasteiger charge is 2.24. The Morgan fingerprint density at radius 2 is 1.61 bits per heavy atom. The molecule has 1 atom stereocenters. The Hall–Kier alpha value is -4.07. The Labute approximate surface area is 223 Å². The van der Waals surface area contributed by atoms with Crippen molar-refractivity contribution in [3.05, 3.63) is 95.3 Å². The van der Waals surface area contributed by atoms with E-state index in [9.17, 15) is 14.0 Å². The highest BCUT2D eigenvalue weighted by atomic mass is 19.1. The molecule has 0 aromatic heterocycles. The molecule has 0 bridgehead atoms. The number of nitrogens with zero attached hydrogens (tertiary/aromatic N) is 1. The minimum absolute atomic E-state index is 0.0243. The smallest absolute Gasteiger partial charge is 0.407 e. The van der Waals surface area contributed by atoms with Crippen molar-refractivity contribution in [1.29, 1.82) is 0 Å². The molecular weight excluding hydrogens is 487 g/mol. The van der Waals surface area contributed by atoms with Gasteiger partial charge in [0.1, 0.15) is 19.0 Å². The van der Waals surface area contributed by atoms with Gasteiger partial charge in [-0.05, 0) is 75.2 Å². The van der Waals surface area contributed by atoms with Crippen LogP contribution in [0.4, 0.5) is 9.18 Å². The molecule has 3 rings (SSSR count). The summed E-state index contributed by atoms with van der Waals surface area (Å²) < 4.78 is 30.0. The molecule has 0 aliphatic carbocycles. The average molecular weight is 523 g/mol. The maximum absolute atomic E-state index is 13.5. The summed E-state index contributed by atoms with van der Waals surface area (Å²) >= 11 is 0. The third-order valence-electron chi connectivity index (χ3n) is 5.63. The second-order valence-corrected chi connectivity index (χ2v) is 10.0. The Morgan fingerprint density at radius 3 is 2.24 bits per heavy atom. The fourth-order valence-electron chi connectivity index (χ4n) is 3.67. The predicted molar refractivity (Wildman–Crippen MR) is 144 cm³/mol. The molecule has 8 heteroatoms. The van der Waals surface area contributed by atoms with Crippen LogP contribution in [0, 0.1) is 5.82 Å². The third kappa shape index (κ3) is 8.50. The summed E-state index contributed by atoms with van der Waals surface area (Å²) in [6.45, 7) is 7.96. The second kappa shape index (κ2) is 12.9. The zero-order valence-corrected chi connectivity index (χ0v) is 22.5. The molecule has 3 aromatic rings. The number of methoxy groups -OCH3 is 1. The fourth-order valence-corrected chi connectivity index (χ4v) is 3.67. The lowest BCUT2D eigenvalue weighted by molar-refractivity contribution is 0.0545. The Bertz CT molecular complexity index is 1210. The molecule has 0 saturated carbocycles. The first kappa shape index (κ1) is 28.5. The number of hydrogen-bond acceptors (Lipinski definition) is 5. The number of amides is 2. The van der Waals surface area contributed by atoms with E-state index >= 15 is 0 Å². The average Bonchev–Trinajstić information content (AvgIpc) is 2.89. The molecule has 1 unspecified atom stereocenters. The summed E-state index contributed by atoms with van der Waals surface area (Å²) in [5.74, 6) is 0.537. The largest absolute Gasteiger partial charge is 0.493 e. The Balaban J connectivity index is 1.76. The second-order valence-electron chi connectivity index (χ2n) is 10.0. The van der Waals surface area contributed by atoms with Gasteiger partial charge < -0.3 is 24.4 Å². The standard InChI is InChI=1S/C30H35FN2O5/c1-21(19-38-29(35)32-30(2,3)4)33(28(34)24-9-7-6-8-10-24)18-23-13-16-26(27(17-23)36-5)37-20-22-11-14-25(31)15-12-22/h6-17,21H,18-20H2,1-5H3,(H,32,35). The number of benzene rings is 3. The Morgan fingerprint density at radius 1 is 0.947 bits per heavy atom. The minimum atomic E-state index is -0.541. The topological polar surface area (TPSA) is 77.1 Å². The van der Waals surface area contributed by atoms with Gasteiger partial charge in [-0.2, -0.15) is 0 Å². The number of hydrogen-bond donors (Lipinski definition) is 1. The SMILES string of the molecule is COc1cc(CN(C(=O)c2ccccc2)C(C)COC(=O)NC(C)(C)C)ccc1OCc1ccc(F)cc1. The van der Waals surface area contributed by atoms with Crippen LogP contribution in [0.3, 0.4) is 0 Å². The van der Waals surface area contributed by atoms with Gasteiger partial charge in [-0.15, -0.1) is 0 Å². The molecule has 0 spiro atoms. The van der Waals surface area contributed by atoms with Gasteiger partial charge in [0.05, 0.1) is 13.2 Å². The molecule has 0 radical (unpaired) electrons. The summed E-state index contributed by atoms with van der Waals surface area (Å²) in [6, 6.07) is 20.1. The molecule has 38 heavy (non-hydrogen) atoms. The zero-order chi connectivity index (χ0) is 27.7. The molecular formula is C30H35FN2O5. The highest BCUT2D eigenvalue weighted by Crippen LogP contribution is 2.30. The van der Waals surface area contributed by atoms with Gasteiger partial charge in [-0.1, -0.05) is 36.4 Å². The summed E-state index contributed by atoms with van der Waals surface area (Å²) in [4.78, 5) is 27.3. The van der Waals surface area contributed by atoms with Crippen molar-refractivity contribution in [2.45, 2.75) is 52.4 Å². The first-order valence-electron chi connectivity index (χ1n) is 12.4. The quantitative estimate of drug-likeness (QED) is 0.355. The van der Waals surface area contributed by atoms with Crippen molar-refractivity contribution in [3.63, 3.8) is 0 Å². The van der Waals surface area contributed by atoms with E-state index in [4.69, 9.17) is 14.2 Å². The van der Waals surface area contributed by atoms with Gasteiger partial charge in [0.2, 0.25) is 0 Å². The van der Waals surface area contributed by atoms with Crippen LogP contribution in [0.1, 0.15) is 49.2 Å². The van der Waals surface area contributed by atoms with Gasteiger partial charge in [-0.25, -0.2) is 9.18 Å². The van der Waals surface area contributed by atoms with Crippen LogP contribution in [-0.2, 0) is 17.9 Å². The van der Waals surface area contributed by atoms with Crippen LogP contribution in [0.15, 0.2) is 72.8 Å². The van der Waals surface area contributed by atoms with Crippen LogP contribution < -0.4 is 14.8 Å². The molecule has 0 heterocycles. The summed E-state index contributed by atoms with van der Waals surface area (Å²) in [5, 5.41) is 2.76. The molecule has 0 aliphatic rings. The van der Waals surface area contributed by atoms with Crippen LogP contribution in [0.25, 0.3) is 0 Å². The molecule has 0 aliphatic heterocycles. The normalized spacial score (nSPS) is 11.8. The van der Waals surface area contributed by atoms with Crippen molar-refractivity contribution >= 4 is 12.0 Å². The van der Waals surface area contributed by atoms with Crippen molar-refractivity contribution in [1.82, 2.24) is 10.2 Å². The summed E-state index contributed by atoms with van der Waals surface area (Å²) in [6.07, 6.45) is -0.541. The van der Waals surface area contributed by atoms with E-state index in [2.05, 4.69) is 5.32 Å². The number of alkyl carbamates (subject to hydrolysis) is 1. The van der Waals surface area contributed by atoms with Gasteiger partial charge in [0, 0.05) is 17.6 Å². The number of halogens is 1. The molecule has 1 N–H and O–H groups in total. The molecule has 202 valence electrons. The number of nitrogens with one attached hydrogen (secondary N) is 1. The van der Waals surface area contributed by atoms with E-state index in [0.29, 0.717) is 17.1 Å². The van der Waals surface area contributed by atoms with Gasteiger partial charge in [0.25, 0.3) is 5.91 Å². The third-order valence-corrected chi connectivity index (χ3v) is 5.63. The first-order valence-corrected chi connectivity index (χ1v) is 12.4. The van der Waals surface area contributed by atoms with Crippen LogP contribution in [0.2, 0.25) is 0 Å². The van der Waals surface area contributed by atoms with E-state index in [1.165, 1.54) is 12.1 Å². The number of carbonyl (C=O) groups is 2. The molecule has 7 nitrogen and oxygen atoms in total. The fraction of sp³-hybridized carbons (Fsp3) is 0.333. The maximum Gasteiger partial charge on any atom is 0.407 e. The van der Waals surface area contributed by atoms with E-state index in [0.717, 1.165) is 11.1 Å². The highest BCUT2D eigenvalue weighted by molar-refractivity contribution is 5.94. The molecule has 2 amide bonds. The van der Waals surface area contributed by atoms with Gasteiger partial charge in [0.15, 0.2) is 11.5 Å². The van der Waals surface area contributed by atoms with Crippen molar-refractivity contribution in [2.75, 3.05) is 13.7 Å². The lowest BCUT2D eigenvalue weighted by Crippen LogP contribution is -2.44. The first-order chi connectivity index (χ1) is 18.1. The lowest BCUT2D eigenvalue weighted by Gasteiger charge is -2.30. The van der Waals surface area contributed by atoms with E-state index in [-0.39, 0.29) is 31.5 Å². The molecule has 3 aromatic carbocycles. The van der Waals surface area contributed by atoms with Crippen molar-refractivity contribution in [3.8, 4) is 11.5 Å². The monoisotopic (exact) mass is 522 g/mol.